The molecule has 0 aromatic heterocycles. The van der Waals surface area contributed by atoms with Gasteiger partial charge in [-0.3, -0.25) is 4.18 Å². The molecule has 2 aromatic carbocycles. The minimum atomic E-state index is -3.79. The number of aliphatic hydroxyl groups excluding tert-OH is 1. The third-order valence-electron chi connectivity index (χ3n) is 4.11. The summed E-state index contributed by atoms with van der Waals surface area (Å²) in [5, 5.41) is 10.2. The van der Waals surface area contributed by atoms with E-state index in [1.165, 1.54) is 0 Å². The lowest BCUT2D eigenvalue weighted by atomic mass is 10.0. The molecule has 0 bridgehead atoms. The molecule has 1 atom stereocenters. The maximum atomic E-state index is 12.2. The summed E-state index contributed by atoms with van der Waals surface area (Å²) < 4.78 is 29.6. The van der Waals surface area contributed by atoms with Crippen molar-refractivity contribution in [3.05, 3.63) is 65.2 Å². The second-order valence-corrected chi connectivity index (χ2v) is 7.90. The van der Waals surface area contributed by atoms with E-state index < -0.39 is 16.2 Å². The SMILES string of the molecule is CCCCCC(O)c1cccc(COS(=O)(=O)c2ccc(C)cc2)c1. The topological polar surface area (TPSA) is 63.6 Å². The van der Waals surface area contributed by atoms with Crippen LogP contribution in [0.4, 0.5) is 0 Å². The summed E-state index contributed by atoms with van der Waals surface area (Å²) in [4.78, 5) is 0.147. The van der Waals surface area contributed by atoms with Crippen molar-refractivity contribution < 1.29 is 17.7 Å². The van der Waals surface area contributed by atoms with Gasteiger partial charge in [-0.05, 0) is 36.6 Å². The number of benzene rings is 2. The Morgan fingerprint density at radius 3 is 2.48 bits per heavy atom. The summed E-state index contributed by atoms with van der Waals surface area (Å²) in [7, 11) is -3.79. The van der Waals surface area contributed by atoms with E-state index in [2.05, 4.69) is 6.92 Å². The van der Waals surface area contributed by atoms with Crippen LogP contribution in [0.25, 0.3) is 0 Å². The fourth-order valence-electron chi connectivity index (χ4n) is 2.56. The zero-order valence-electron chi connectivity index (χ0n) is 14.8. The zero-order chi connectivity index (χ0) is 18.3. The van der Waals surface area contributed by atoms with Gasteiger partial charge < -0.3 is 5.11 Å². The molecule has 5 heteroatoms. The molecule has 0 fully saturated rings. The first-order chi connectivity index (χ1) is 11.9. The van der Waals surface area contributed by atoms with Crippen LogP contribution in [-0.2, 0) is 20.9 Å². The smallest absolute Gasteiger partial charge is 0.297 e. The summed E-state index contributed by atoms with van der Waals surface area (Å²) >= 11 is 0. The first kappa shape index (κ1) is 19.6. The molecule has 4 nitrogen and oxygen atoms in total. The largest absolute Gasteiger partial charge is 0.388 e. The Bertz CT molecular complexity index is 767. The van der Waals surface area contributed by atoms with Crippen LogP contribution in [-0.4, -0.2) is 13.5 Å². The maximum absolute atomic E-state index is 12.2. The van der Waals surface area contributed by atoms with Gasteiger partial charge in [0.15, 0.2) is 0 Å². The van der Waals surface area contributed by atoms with Crippen LogP contribution in [0, 0.1) is 6.92 Å². The van der Waals surface area contributed by atoms with Crippen molar-refractivity contribution in [3.8, 4) is 0 Å². The highest BCUT2D eigenvalue weighted by Gasteiger charge is 2.15. The molecule has 0 amide bonds. The van der Waals surface area contributed by atoms with Gasteiger partial charge in [-0.2, -0.15) is 8.42 Å². The van der Waals surface area contributed by atoms with Gasteiger partial charge in [-0.25, -0.2) is 0 Å². The Labute approximate surface area is 150 Å². The van der Waals surface area contributed by atoms with E-state index in [1.54, 1.807) is 36.4 Å². The number of unbranched alkanes of at least 4 members (excludes halogenated alkanes) is 2. The lowest BCUT2D eigenvalue weighted by Gasteiger charge is -2.12. The molecule has 0 aliphatic carbocycles. The Morgan fingerprint density at radius 1 is 1.08 bits per heavy atom. The van der Waals surface area contributed by atoms with E-state index in [1.807, 2.05) is 19.1 Å². The second-order valence-electron chi connectivity index (χ2n) is 6.29. The van der Waals surface area contributed by atoms with Gasteiger partial charge in [-0.15, -0.1) is 0 Å². The number of rotatable bonds is 9. The molecule has 2 rings (SSSR count). The monoisotopic (exact) mass is 362 g/mol. The summed E-state index contributed by atoms with van der Waals surface area (Å²) in [5.74, 6) is 0. The Kier molecular flexibility index (Phi) is 7.17. The molecule has 0 aliphatic heterocycles. The predicted octanol–water partition coefficient (Wildman–Crippen LogP) is 4.51. The van der Waals surface area contributed by atoms with Crippen molar-refractivity contribution in [2.75, 3.05) is 0 Å². The van der Waals surface area contributed by atoms with Crippen LogP contribution < -0.4 is 0 Å². The summed E-state index contributed by atoms with van der Waals surface area (Å²) in [6.07, 6.45) is 3.35. The van der Waals surface area contributed by atoms with Gasteiger partial charge in [0.1, 0.15) is 0 Å². The Morgan fingerprint density at radius 2 is 1.80 bits per heavy atom. The van der Waals surface area contributed by atoms with Gasteiger partial charge >= 0.3 is 0 Å². The average molecular weight is 362 g/mol. The van der Waals surface area contributed by atoms with Gasteiger partial charge in [0.2, 0.25) is 0 Å². The minimum Gasteiger partial charge on any atom is -0.388 e. The third kappa shape index (κ3) is 5.96. The molecule has 136 valence electrons. The first-order valence-corrected chi connectivity index (χ1v) is 10.1. The van der Waals surface area contributed by atoms with E-state index in [9.17, 15) is 13.5 Å². The Hall–Kier alpha value is -1.69. The number of aliphatic hydroxyl groups is 1. The first-order valence-electron chi connectivity index (χ1n) is 8.65. The van der Waals surface area contributed by atoms with E-state index >= 15 is 0 Å². The molecular weight excluding hydrogens is 336 g/mol. The summed E-state index contributed by atoms with van der Waals surface area (Å²) in [5.41, 5.74) is 2.51. The van der Waals surface area contributed by atoms with Crippen molar-refractivity contribution >= 4 is 10.1 Å². The highest BCUT2D eigenvalue weighted by molar-refractivity contribution is 7.86. The van der Waals surface area contributed by atoms with Crippen LogP contribution in [0.3, 0.4) is 0 Å². The molecule has 1 unspecified atom stereocenters. The average Bonchev–Trinajstić information content (AvgIpc) is 2.61. The fourth-order valence-corrected chi connectivity index (χ4v) is 3.46. The van der Waals surface area contributed by atoms with E-state index in [4.69, 9.17) is 4.18 Å². The van der Waals surface area contributed by atoms with Gasteiger partial charge in [0.25, 0.3) is 10.1 Å². The molecule has 2 aromatic rings. The molecule has 1 N–H and O–H groups in total. The molecule has 0 saturated carbocycles. The van der Waals surface area contributed by atoms with Crippen LogP contribution in [0.15, 0.2) is 53.4 Å². The lowest BCUT2D eigenvalue weighted by molar-refractivity contribution is 0.163. The highest BCUT2D eigenvalue weighted by atomic mass is 32.2. The van der Waals surface area contributed by atoms with E-state index in [0.29, 0.717) is 6.42 Å². The van der Waals surface area contributed by atoms with Crippen molar-refractivity contribution in [3.63, 3.8) is 0 Å². The fraction of sp³-hybridized carbons (Fsp3) is 0.400. The minimum absolute atomic E-state index is 0.0499. The summed E-state index contributed by atoms with van der Waals surface area (Å²) in [6, 6.07) is 13.8. The molecule has 25 heavy (non-hydrogen) atoms. The van der Waals surface area contributed by atoms with E-state index in [-0.39, 0.29) is 11.5 Å². The molecule has 0 spiro atoms. The van der Waals surface area contributed by atoms with Crippen molar-refractivity contribution in [2.45, 2.75) is 57.1 Å². The molecule has 0 saturated heterocycles. The standard InChI is InChI=1S/C20H26O4S/c1-3-4-5-9-20(21)18-8-6-7-17(14-18)15-24-25(22,23)19-12-10-16(2)11-13-19/h6-8,10-14,20-21H,3-5,9,15H2,1-2H3. The number of hydrogen-bond donors (Lipinski definition) is 1. The maximum Gasteiger partial charge on any atom is 0.297 e. The van der Waals surface area contributed by atoms with Crippen molar-refractivity contribution in [2.24, 2.45) is 0 Å². The quantitative estimate of drug-likeness (QED) is 0.526. The van der Waals surface area contributed by atoms with Gasteiger partial charge in [0, 0.05) is 0 Å². The molecule has 0 aliphatic rings. The highest BCUT2D eigenvalue weighted by Crippen LogP contribution is 2.22. The van der Waals surface area contributed by atoms with Gasteiger partial charge in [-0.1, -0.05) is 68.1 Å². The van der Waals surface area contributed by atoms with Crippen LogP contribution in [0.5, 0.6) is 0 Å². The van der Waals surface area contributed by atoms with Crippen molar-refractivity contribution in [1.82, 2.24) is 0 Å². The predicted molar refractivity (Wildman–Crippen MR) is 98.7 cm³/mol. The van der Waals surface area contributed by atoms with Crippen LogP contribution >= 0.6 is 0 Å². The lowest BCUT2D eigenvalue weighted by Crippen LogP contribution is -2.07. The zero-order valence-corrected chi connectivity index (χ0v) is 15.6. The Balaban J connectivity index is 2.00. The third-order valence-corrected chi connectivity index (χ3v) is 5.38. The number of hydrogen-bond acceptors (Lipinski definition) is 4. The second kappa shape index (κ2) is 9.13. The van der Waals surface area contributed by atoms with Gasteiger partial charge in [0.05, 0.1) is 17.6 Å². The normalized spacial score (nSPS) is 12.9. The van der Waals surface area contributed by atoms with Crippen LogP contribution in [0.1, 0.15) is 55.4 Å². The van der Waals surface area contributed by atoms with E-state index in [0.717, 1.165) is 36.0 Å². The molecule has 0 heterocycles. The van der Waals surface area contributed by atoms with Crippen LogP contribution in [0.2, 0.25) is 0 Å². The summed E-state index contributed by atoms with van der Waals surface area (Å²) in [6.45, 7) is 3.97. The van der Waals surface area contributed by atoms with Crippen molar-refractivity contribution in [1.29, 1.82) is 0 Å². The number of aryl methyl sites for hydroxylation is 1. The molecular formula is C20H26O4S. The molecule has 0 radical (unpaired) electrons.